The van der Waals surface area contributed by atoms with E-state index in [0.717, 1.165) is 72.2 Å². The predicted molar refractivity (Wildman–Crippen MR) is 233 cm³/mol. The lowest BCUT2D eigenvalue weighted by molar-refractivity contribution is 1.36. The van der Waals surface area contributed by atoms with Gasteiger partial charge in [-0.15, -0.1) is 0 Å². The number of para-hydroxylation sites is 1. The Bertz CT molecular complexity index is 3240. The zero-order valence-corrected chi connectivity index (χ0v) is 29.2. The molecule has 3 aromatic heterocycles. The van der Waals surface area contributed by atoms with E-state index in [1.54, 1.807) is 0 Å². The molecule has 0 unspecified atom stereocenters. The fourth-order valence-electron chi connectivity index (χ4n) is 8.19. The highest BCUT2D eigenvalue weighted by Gasteiger charge is 2.17. The maximum Gasteiger partial charge on any atom is 0.0972 e. The second kappa shape index (κ2) is 13.0. The van der Waals surface area contributed by atoms with Crippen LogP contribution in [0.15, 0.2) is 188 Å². The summed E-state index contributed by atoms with van der Waals surface area (Å²) in [6.45, 7) is 0. The van der Waals surface area contributed by atoms with Crippen molar-refractivity contribution in [3.63, 3.8) is 0 Å². The average molecular weight is 702 g/mol. The summed E-state index contributed by atoms with van der Waals surface area (Å²) in [4.78, 5) is 15.6. The highest BCUT2D eigenvalue weighted by atomic mass is 14.8. The topological polar surface area (TPSA) is 38.7 Å². The Labute approximate surface area is 319 Å². The minimum Gasteiger partial charge on any atom is -0.247 e. The van der Waals surface area contributed by atoms with E-state index in [9.17, 15) is 0 Å². The van der Waals surface area contributed by atoms with E-state index >= 15 is 0 Å². The molecule has 0 saturated carbocycles. The quantitative estimate of drug-likeness (QED) is 0.171. The highest BCUT2D eigenvalue weighted by molar-refractivity contribution is 6.33. The van der Waals surface area contributed by atoms with Gasteiger partial charge in [-0.3, -0.25) is 0 Å². The molecule has 0 amide bonds. The fraction of sp³-hybridized carbons (Fsp3) is 0.0192. The Kier molecular flexibility index (Phi) is 7.67. The Balaban J connectivity index is 0.00000372. The van der Waals surface area contributed by atoms with Gasteiger partial charge in [-0.2, -0.15) is 0 Å². The SMILES string of the molecule is C.c1ccc(-c2ccc3ccc4ccc(-c5ccc(-c6ccc(-c7nc8ccccc8c8c9ccccc9c9ccccc9c78)cc6)cc5)nc4c3n2)cc1. The van der Waals surface area contributed by atoms with Gasteiger partial charge in [0.05, 0.1) is 33.6 Å². The van der Waals surface area contributed by atoms with Gasteiger partial charge in [0.25, 0.3) is 0 Å². The van der Waals surface area contributed by atoms with Gasteiger partial charge in [0.2, 0.25) is 0 Å². The minimum atomic E-state index is 0. The van der Waals surface area contributed by atoms with E-state index in [1.165, 1.54) is 37.7 Å². The zero-order valence-electron chi connectivity index (χ0n) is 29.2. The van der Waals surface area contributed by atoms with Crippen molar-refractivity contribution in [1.29, 1.82) is 0 Å². The van der Waals surface area contributed by atoms with Gasteiger partial charge in [-0.1, -0.05) is 177 Å². The van der Waals surface area contributed by atoms with Gasteiger partial charge in [-0.25, -0.2) is 15.0 Å². The van der Waals surface area contributed by atoms with Crippen LogP contribution < -0.4 is 0 Å². The summed E-state index contributed by atoms with van der Waals surface area (Å²) in [5, 5.41) is 10.8. The summed E-state index contributed by atoms with van der Waals surface area (Å²) in [7, 11) is 0. The maximum absolute atomic E-state index is 5.33. The number of benzene rings is 8. The number of fused-ring (bicyclic) bond motifs is 11. The first kappa shape index (κ1) is 32.4. The molecule has 0 spiro atoms. The van der Waals surface area contributed by atoms with E-state index in [-0.39, 0.29) is 7.43 Å². The third kappa shape index (κ3) is 5.32. The first-order valence-corrected chi connectivity index (χ1v) is 18.4. The van der Waals surface area contributed by atoms with Crippen molar-refractivity contribution in [1.82, 2.24) is 15.0 Å². The Hall–Kier alpha value is -7.23. The molecule has 0 aliphatic carbocycles. The number of hydrogen-bond donors (Lipinski definition) is 0. The van der Waals surface area contributed by atoms with Crippen molar-refractivity contribution < 1.29 is 0 Å². The van der Waals surface area contributed by atoms with Gasteiger partial charge in [0, 0.05) is 43.6 Å². The molecule has 0 radical (unpaired) electrons. The summed E-state index contributed by atoms with van der Waals surface area (Å²) in [5.74, 6) is 0. The van der Waals surface area contributed by atoms with E-state index in [2.05, 4.69) is 170 Å². The molecule has 0 atom stereocenters. The third-order valence-electron chi connectivity index (χ3n) is 10.8. The number of hydrogen-bond acceptors (Lipinski definition) is 3. The van der Waals surface area contributed by atoms with Crippen LogP contribution in [0.2, 0.25) is 0 Å². The van der Waals surface area contributed by atoms with Crippen molar-refractivity contribution in [3.8, 4) is 44.9 Å². The van der Waals surface area contributed by atoms with Crippen LogP contribution in [0.5, 0.6) is 0 Å². The van der Waals surface area contributed by atoms with E-state index in [0.29, 0.717) is 0 Å². The predicted octanol–water partition coefficient (Wildman–Crippen LogP) is 14.1. The van der Waals surface area contributed by atoms with Crippen LogP contribution in [0.3, 0.4) is 0 Å². The lowest BCUT2D eigenvalue weighted by Gasteiger charge is -2.16. The summed E-state index contributed by atoms with van der Waals surface area (Å²) in [6.07, 6.45) is 0. The molecule has 11 aromatic rings. The van der Waals surface area contributed by atoms with Crippen LogP contribution in [-0.2, 0) is 0 Å². The normalized spacial score (nSPS) is 11.5. The van der Waals surface area contributed by atoms with E-state index in [1.807, 2.05) is 18.2 Å². The molecule has 0 saturated heterocycles. The molecule has 0 N–H and O–H groups in total. The zero-order chi connectivity index (χ0) is 35.6. The van der Waals surface area contributed by atoms with Crippen molar-refractivity contribution >= 4 is 65.0 Å². The van der Waals surface area contributed by atoms with Gasteiger partial charge >= 0.3 is 0 Å². The lowest BCUT2D eigenvalue weighted by atomic mass is 9.89. The molecule has 8 aromatic carbocycles. The molecule has 3 nitrogen and oxygen atoms in total. The van der Waals surface area contributed by atoms with Crippen LogP contribution in [0.25, 0.3) is 110 Å². The Morgan fingerprint density at radius 2 is 0.691 bits per heavy atom. The van der Waals surface area contributed by atoms with Crippen LogP contribution >= 0.6 is 0 Å². The van der Waals surface area contributed by atoms with Crippen molar-refractivity contribution in [3.05, 3.63) is 188 Å². The number of nitrogens with zero attached hydrogens (tertiary/aromatic N) is 3. The summed E-state index contributed by atoms with van der Waals surface area (Å²) >= 11 is 0. The second-order valence-electron chi connectivity index (χ2n) is 13.9. The van der Waals surface area contributed by atoms with Gasteiger partial charge in [-0.05, 0) is 50.9 Å². The minimum absolute atomic E-state index is 0. The van der Waals surface area contributed by atoms with Crippen LogP contribution in [0, 0.1) is 0 Å². The molecule has 0 aliphatic heterocycles. The Morgan fingerprint density at radius 1 is 0.273 bits per heavy atom. The highest BCUT2D eigenvalue weighted by Crippen LogP contribution is 2.43. The first-order chi connectivity index (χ1) is 26.8. The smallest absolute Gasteiger partial charge is 0.0972 e. The van der Waals surface area contributed by atoms with E-state index < -0.39 is 0 Å². The van der Waals surface area contributed by atoms with Crippen molar-refractivity contribution in [2.24, 2.45) is 0 Å². The molecule has 3 heteroatoms. The largest absolute Gasteiger partial charge is 0.247 e. The summed E-state index contributed by atoms with van der Waals surface area (Å²) in [6, 6.07) is 66.7. The second-order valence-corrected chi connectivity index (χ2v) is 13.9. The average Bonchev–Trinajstić information content (AvgIpc) is 3.26. The monoisotopic (exact) mass is 701 g/mol. The molecule has 3 heterocycles. The van der Waals surface area contributed by atoms with Gasteiger partial charge < -0.3 is 0 Å². The van der Waals surface area contributed by atoms with Gasteiger partial charge in [0.15, 0.2) is 0 Å². The maximum atomic E-state index is 5.33. The molecule has 0 aliphatic rings. The number of aromatic nitrogens is 3. The third-order valence-corrected chi connectivity index (χ3v) is 10.8. The molecule has 55 heavy (non-hydrogen) atoms. The molecular weight excluding hydrogens is 667 g/mol. The fourth-order valence-corrected chi connectivity index (χ4v) is 8.19. The van der Waals surface area contributed by atoms with Gasteiger partial charge in [0.1, 0.15) is 0 Å². The molecule has 0 bridgehead atoms. The van der Waals surface area contributed by atoms with Crippen LogP contribution in [-0.4, -0.2) is 15.0 Å². The standard InChI is InChI=1S/C51H31N3.CH4/c1-2-10-34(11-3-1)44-30-28-37-26-27-38-29-31-45(53-51(38)50(37)52-44)35-22-18-32(19-23-35)33-20-24-36(25-21-33)49-48-42-15-7-5-13-40(42)39-12-4-6-14-41(39)47(48)43-16-8-9-17-46(43)54-49;/h1-31H;1H4. The number of pyridine rings is 3. The summed E-state index contributed by atoms with van der Waals surface area (Å²) < 4.78 is 0. The van der Waals surface area contributed by atoms with Crippen LogP contribution in [0.4, 0.5) is 0 Å². The number of rotatable bonds is 4. The van der Waals surface area contributed by atoms with Crippen molar-refractivity contribution in [2.45, 2.75) is 7.43 Å². The molecular formula is C52H35N3. The summed E-state index contributed by atoms with van der Waals surface area (Å²) in [5.41, 5.74) is 11.3. The molecule has 0 fully saturated rings. The van der Waals surface area contributed by atoms with Crippen molar-refractivity contribution in [2.75, 3.05) is 0 Å². The lowest BCUT2D eigenvalue weighted by Crippen LogP contribution is -1.93. The molecule has 11 rings (SSSR count). The Morgan fingerprint density at radius 3 is 1.27 bits per heavy atom. The first-order valence-electron chi connectivity index (χ1n) is 18.4. The van der Waals surface area contributed by atoms with E-state index in [4.69, 9.17) is 15.0 Å². The van der Waals surface area contributed by atoms with Crippen LogP contribution in [0.1, 0.15) is 7.43 Å². The molecule has 258 valence electrons.